The molecule has 6 nitrogen and oxygen atoms in total. The lowest BCUT2D eigenvalue weighted by molar-refractivity contribution is -0.122. The molecule has 0 aliphatic heterocycles. The van der Waals surface area contributed by atoms with E-state index in [1.165, 1.54) is 0 Å². The highest BCUT2D eigenvalue weighted by atomic mass is 16.3. The fourth-order valence-corrected chi connectivity index (χ4v) is 2.94. The molecule has 6 heteroatoms. The van der Waals surface area contributed by atoms with Gasteiger partial charge in [-0.05, 0) is 41.3 Å². The summed E-state index contributed by atoms with van der Waals surface area (Å²) in [4.78, 5) is 12.2. The summed E-state index contributed by atoms with van der Waals surface area (Å²) < 4.78 is 1.75. The first-order chi connectivity index (χ1) is 12.5. The Balaban J connectivity index is 1.58. The molecule has 2 unspecified atom stereocenters. The Bertz CT molecular complexity index is 919. The quantitative estimate of drug-likeness (QED) is 0.628. The van der Waals surface area contributed by atoms with Crippen LogP contribution in [0.1, 0.15) is 22.9 Å². The van der Waals surface area contributed by atoms with Crippen molar-refractivity contribution in [2.24, 2.45) is 12.8 Å². The smallest absolute Gasteiger partial charge is 0.237 e. The fraction of sp³-hybridized carbons (Fsp3) is 0.300. The van der Waals surface area contributed by atoms with Gasteiger partial charge < -0.3 is 16.2 Å². The third kappa shape index (κ3) is 3.92. The topological polar surface area (TPSA) is 93.2 Å². The summed E-state index contributed by atoms with van der Waals surface area (Å²) in [7, 11) is 1.85. The molecule has 1 heterocycles. The lowest BCUT2D eigenvalue weighted by Gasteiger charge is -2.16. The monoisotopic (exact) mass is 352 g/mol. The molecule has 0 aliphatic carbocycles. The van der Waals surface area contributed by atoms with E-state index in [0.717, 1.165) is 27.6 Å². The van der Waals surface area contributed by atoms with Crippen molar-refractivity contribution in [2.45, 2.75) is 25.5 Å². The average molecular weight is 352 g/mol. The van der Waals surface area contributed by atoms with Gasteiger partial charge in [0, 0.05) is 19.3 Å². The molecule has 136 valence electrons. The Morgan fingerprint density at radius 1 is 1.27 bits per heavy atom. The van der Waals surface area contributed by atoms with Gasteiger partial charge in [-0.2, -0.15) is 5.10 Å². The molecule has 3 rings (SSSR count). The van der Waals surface area contributed by atoms with Crippen LogP contribution in [0.3, 0.4) is 0 Å². The summed E-state index contributed by atoms with van der Waals surface area (Å²) >= 11 is 0. The van der Waals surface area contributed by atoms with Crippen LogP contribution in [0.2, 0.25) is 0 Å². The summed E-state index contributed by atoms with van der Waals surface area (Å²) in [5.74, 6) is -0.284. The molecule has 0 radical (unpaired) electrons. The van der Waals surface area contributed by atoms with Crippen molar-refractivity contribution in [3.8, 4) is 0 Å². The van der Waals surface area contributed by atoms with E-state index >= 15 is 0 Å². The van der Waals surface area contributed by atoms with E-state index < -0.39 is 12.1 Å². The van der Waals surface area contributed by atoms with Gasteiger partial charge in [0.05, 0.1) is 18.3 Å². The van der Waals surface area contributed by atoms with Crippen LogP contribution in [0.5, 0.6) is 0 Å². The van der Waals surface area contributed by atoms with Gasteiger partial charge in [-0.25, -0.2) is 0 Å². The molecule has 3 aromatic rings. The highest BCUT2D eigenvalue weighted by Crippen LogP contribution is 2.20. The maximum Gasteiger partial charge on any atom is 0.237 e. The number of amides is 1. The first-order valence-electron chi connectivity index (χ1n) is 8.63. The highest BCUT2D eigenvalue weighted by Gasteiger charge is 2.18. The van der Waals surface area contributed by atoms with Crippen molar-refractivity contribution in [2.75, 3.05) is 6.54 Å². The zero-order chi connectivity index (χ0) is 18.7. The molecule has 0 bridgehead atoms. The number of aliphatic hydroxyl groups is 1. The highest BCUT2D eigenvalue weighted by molar-refractivity contribution is 5.83. The summed E-state index contributed by atoms with van der Waals surface area (Å²) in [6.07, 6.45) is 1.36. The van der Waals surface area contributed by atoms with Gasteiger partial charge in [0.15, 0.2) is 0 Å². The Kier molecular flexibility index (Phi) is 5.35. The second-order valence-electron chi connectivity index (χ2n) is 6.56. The van der Waals surface area contributed by atoms with Gasteiger partial charge >= 0.3 is 0 Å². The fourth-order valence-electron chi connectivity index (χ4n) is 2.94. The normalized spacial score (nSPS) is 13.5. The van der Waals surface area contributed by atoms with Gasteiger partial charge in [0.1, 0.15) is 0 Å². The van der Waals surface area contributed by atoms with E-state index in [1.54, 1.807) is 10.9 Å². The number of benzene rings is 2. The third-order valence-electron chi connectivity index (χ3n) is 4.74. The lowest BCUT2D eigenvalue weighted by Crippen LogP contribution is -2.43. The van der Waals surface area contributed by atoms with Crippen molar-refractivity contribution in [3.05, 3.63) is 65.5 Å². The predicted molar refractivity (Wildman–Crippen MR) is 102 cm³/mol. The molecule has 1 amide bonds. The largest absolute Gasteiger partial charge is 0.387 e. The van der Waals surface area contributed by atoms with Crippen molar-refractivity contribution in [1.29, 1.82) is 0 Å². The molecule has 1 aromatic heterocycles. The number of rotatable bonds is 6. The van der Waals surface area contributed by atoms with Crippen molar-refractivity contribution < 1.29 is 9.90 Å². The van der Waals surface area contributed by atoms with Crippen LogP contribution in [0.25, 0.3) is 10.8 Å². The summed E-state index contributed by atoms with van der Waals surface area (Å²) in [5.41, 5.74) is 8.70. The summed E-state index contributed by atoms with van der Waals surface area (Å²) in [6, 6.07) is 13.0. The van der Waals surface area contributed by atoms with Crippen LogP contribution in [-0.2, 0) is 18.3 Å². The van der Waals surface area contributed by atoms with Crippen LogP contribution >= 0.6 is 0 Å². The third-order valence-corrected chi connectivity index (χ3v) is 4.74. The number of aliphatic hydroxyl groups excluding tert-OH is 1. The minimum absolute atomic E-state index is 0.122. The lowest BCUT2D eigenvalue weighted by atomic mass is 10.0. The molecule has 0 aliphatic rings. The Labute approximate surface area is 152 Å². The molecular formula is C20H24N4O2. The molecule has 0 saturated heterocycles. The molecule has 2 aromatic carbocycles. The molecule has 0 spiro atoms. The zero-order valence-corrected chi connectivity index (χ0v) is 15.0. The van der Waals surface area contributed by atoms with Crippen molar-refractivity contribution >= 4 is 16.7 Å². The number of nitrogens with zero attached hydrogens (tertiary/aromatic N) is 2. The second-order valence-corrected chi connectivity index (χ2v) is 6.56. The predicted octanol–water partition coefficient (Wildman–Crippen LogP) is 1.60. The first kappa shape index (κ1) is 18.1. The minimum Gasteiger partial charge on any atom is -0.387 e. The summed E-state index contributed by atoms with van der Waals surface area (Å²) in [6.45, 7) is 2.06. The van der Waals surface area contributed by atoms with Crippen LogP contribution in [-0.4, -0.2) is 33.4 Å². The average Bonchev–Trinajstić information content (AvgIpc) is 2.97. The number of carbonyl (C=O) groups excluding carboxylic acids is 1. The Morgan fingerprint density at radius 3 is 2.69 bits per heavy atom. The van der Waals surface area contributed by atoms with E-state index in [4.69, 9.17) is 5.73 Å². The van der Waals surface area contributed by atoms with Gasteiger partial charge in [-0.1, -0.05) is 36.4 Å². The van der Waals surface area contributed by atoms with E-state index in [0.29, 0.717) is 6.42 Å². The van der Waals surface area contributed by atoms with Crippen molar-refractivity contribution in [1.82, 2.24) is 15.1 Å². The van der Waals surface area contributed by atoms with Crippen LogP contribution in [0.15, 0.2) is 48.7 Å². The number of hydrogen-bond acceptors (Lipinski definition) is 4. The van der Waals surface area contributed by atoms with E-state index in [-0.39, 0.29) is 12.5 Å². The van der Waals surface area contributed by atoms with E-state index in [2.05, 4.69) is 10.4 Å². The number of aryl methyl sites for hydroxylation is 1. The van der Waals surface area contributed by atoms with Crippen LogP contribution in [0.4, 0.5) is 0 Å². The Morgan fingerprint density at radius 2 is 2.00 bits per heavy atom. The maximum atomic E-state index is 12.2. The standard InChI is InChI=1S/C20H24N4O2/c1-13-17(11-23-24(13)2)10-18(21)20(26)22-12-19(25)16-8-7-14-5-3-4-6-15(14)9-16/h3-9,11,18-19,25H,10,12,21H2,1-2H3,(H,22,26). The molecule has 0 saturated carbocycles. The molecule has 0 fully saturated rings. The summed E-state index contributed by atoms with van der Waals surface area (Å²) in [5, 5.41) is 19.4. The molecule has 2 atom stereocenters. The zero-order valence-electron chi connectivity index (χ0n) is 15.0. The minimum atomic E-state index is -0.782. The Hall–Kier alpha value is -2.70. The number of carbonyl (C=O) groups is 1. The van der Waals surface area contributed by atoms with Gasteiger partial charge in [0.25, 0.3) is 0 Å². The molecule has 26 heavy (non-hydrogen) atoms. The number of nitrogens with two attached hydrogens (primary N) is 1. The number of hydrogen-bond donors (Lipinski definition) is 3. The molecular weight excluding hydrogens is 328 g/mol. The number of aromatic nitrogens is 2. The number of nitrogens with one attached hydrogen (secondary N) is 1. The van der Waals surface area contributed by atoms with Crippen LogP contribution < -0.4 is 11.1 Å². The van der Waals surface area contributed by atoms with Crippen LogP contribution in [0, 0.1) is 6.92 Å². The van der Waals surface area contributed by atoms with Gasteiger partial charge in [-0.15, -0.1) is 0 Å². The van der Waals surface area contributed by atoms with Gasteiger partial charge in [-0.3, -0.25) is 9.48 Å². The van der Waals surface area contributed by atoms with Gasteiger partial charge in [0.2, 0.25) is 5.91 Å². The number of fused-ring (bicyclic) bond motifs is 1. The van der Waals surface area contributed by atoms with E-state index in [1.807, 2.05) is 56.4 Å². The first-order valence-corrected chi connectivity index (χ1v) is 8.63. The second kappa shape index (κ2) is 7.68. The maximum absolute atomic E-state index is 12.2. The molecule has 4 N–H and O–H groups in total. The SMILES string of the molecule is Cc1c(CC(N)C(=O)NCC(O)c2ccc3ccccc3c2)cnn1C. The van der Waals surface area contributed by atoms with E-state index in [9.17, 15) is 9.90 Å². The van der Waals surface area contributed by atoms with Crippen molar-refractivity contribution in [3.63, 3.8) is 0 Å².